The fourth-order valence-electron chi connectivity index (χ4n) is 3.53. The summed E-state index contributed by atoms with van der Waals surface area (Å²) in [6, 6.07) is 8.16. The van der Waals surface area contributed by atoms with Crippen molar-refractivity contribution in [3.8, 4) is 0 Å². The Labute approximate surface area is 167 Å². The maximum atomic E-state index is 5.70. The third-order valence-corrected chi connectivity index (χ3v) is 4.98. The van der Waals surface area contributed by atoms with E-state index in [0.29, 0.717) is 19.1 Å². The van der Waals surface area contributed by atoms with Gasteiger partial charge in [-0.1, -0.05) is 12.1 Å². The van der Waals surface area contributed by atoms with E-state index >= 15 is 0 Å². The number of aromatic nitrogens is 2. The zero-order valence-electron chi connectivity index (χ0n) is 17.1. The van der Waals surface area contributed by atoms with Gasteiger partial charge in [0, 0.05) is 45.6 Å². The highest BCUT2D eigenvalue weighted by molar-refractivity contribution is 5.80. The van der Waals surface area contributed by atoms with Crippen LogP contribution in [0.2, 0.25) is 0 Å². The number of ether oxygens (including phenoxy) is 2. The van der Waals surface area contributed by atoms with Gasteiger partial charge >= 0.3 is 0 Å². The second-order valence-electron chi connectivity index (χ2n) is 7.21. The molecule has 1 aliphatic rings. The number of para-hydroxylation sites is 2. The van der Waals surface area contributed by atoms with Gasteiger partial charge in [0.15, 0.2) is 5.96 Å². The Morgan fingerprint density at radius 2 is 2.25 bits per heavy atom. The van der Waals surface area contributed by atoms with E-state index in [1.54, 1.807) is 7.11 Å². The quantitative estimate of drug-likeness (QED) is 0.372. The molecule has 7 nitrogen and oxygen atoms in total. The maximum Gasteiger partial charge on any atom is 0.193 e. The van der Waals surface area contributed by atoms with Gasteiger partial charge in [-0.3, -0.25) is 4.99 Å². The molecule has 7 heteroatoms. The van der Waals surface area contributed by atoms with Crippen molar-refractivity contribution in [2.45, 2.75) is 26.2 Å². The van der Waals surface area contributed by atoms with Crippen LogP contribution in [0.5, 0.6) is 0 Å². The minimum Gasteiger partial charge on any atom is -0.382 e. The lowest BCUT2D eigenvalue weighted by atomic mass is 10.1. The van der Waals surface area contributed by atoms with Gasteiger partial charge in [-0.25, -0.2) is 4.98 Å². The summed E-state index contributed by atoms with van der Waals surface area (Å²) in [6.45, 7) is 7.96. The number of H-pyrrole nitrogens is 1. The first-order valence-corrected chi connectivity index (χ1v) is 10.3. The number of fused-ring (bicyclic) bond motifs is 1. The summed E-state index contributed by atoms with van der Waals surface area (Å²) in [5.41, 5.74) is 2.13. The highest BCUT2D eigenvalue weighted by Gasteiger charge is 2.24. The molecule has 2 N–H and O–H groups in total. The highest BCUT2D eigenvalue weighted by Crippen LogP contribution is 2.17. The molecule has 1 unspecified atom stereocenters. The van der Waals surface area contributed by atoms with E-state index in [2.05, 4.69) is 33.2 Å². The minimum absolute atomic E-state index is 0.566. The SMILES string of the molecule is CCNC(=NCCCc1nc2ccccc2[nH]1)N1CCC(COCCOC)C1. The molecule has 0 aliphatic carbocycles. The molecule has 2 heterocycles. The Morgan fingerprint density at radius 3 is 3.07 bits per heavy atom. The summed E-state index contributed by atoms with van der Waals surface area (Å²) in [6.07, 6.45) is 3.04. The molecule has 1 aliphatic heterocycles. The molecule has 1 atom stereocenters. The van der Waals surface area contributed by atoms with Crippen LogP contribution < -0.4 is 5.32 Å². The molecule has 0 bridgehead atoms. The van der Waals surface area contributed by atoms with Crippen molar-refractivity contribution in [2.24, 2.45) is 10.9 Å². The number of aliphatic imine (C=N–C) groups is 1. The summed E-state index contributed by atoms with van der Waals surface area (Å²) in [7, 11) is 1.70. The number of nitrogens with zero attached hydrogens (tertiary/aromatic N) is 3. The molecular weight excluding hydrogens is 354 g/mol. The number of hydrogen-bond donors (Lipinski definition) is 2. The largest absolute Gasteiger partial charge is 0.382 e. The van der Waals surface area contributed by atoms with Gasteiger partial charge in [0.1, 0.15) is 5.82 Å². The Balaban J connectivity index is 1.44. The van der Waals surface area contributed by atoms with E-state index in [-0.39, 0.29) is 0 Å². The van der Waals surface area contributed by atoms with Crippen LogP contribution >= 0.6 is 0 Å². The average molecular weight is 388 g/mol. The minimum atomic E-state index is 0.566. The molecule has 154 valence electrons. The van der Waals surface area contributed by atoms with Crippen LogP contribution in [0.25, 0.3) is 11.0 Å². The summed E-state index contributed by atoms with van der Waals surface area (Å²) in [5, 5.41) is 3.43. The summed E-state index contributed by atoms with van der Waals surface area (Å²) in [5.74, 6) is 2.62. The van der Waals surface area contributed by atoms with E-state index in [1.165, 1.54) is 0 Å². The maximum absolute atomic E-state index is 5.70. The van der Waals surface area contributed by atoms with Gasteiger partial charge in [-0.2, -0.15) is 0 Å². The van der Waals surface area contributed by atoms with Crippen LogP contribution in [0.3, 0.4) is 0 Å². The monoisotopic (exact) mass is 387 g/mol. The number of aryl methyl sites for hydroxylation is 1. The Morgan fingerprint density at radius 1 is 1.36 bits per heavy atom. The van der Waals surface area contributed by atoms with Gasteiger partial charge in [0.2, 0.25) is 0 Å². The van der Waals surface area contributed by atoms with Crippen molar-refractivity contribution in [1.82, 2.24) is 20.2 Å². The van der Waals surface area contributed by atoms with Crippen molar-refractivity contribution in [1.29, 1.82) is 0 Å². The third-order valence-electron chi connectivity index (χ3n) is 4.98. The highest BCUT2D eigenvalue weighted by atomic mass is 16.5. The van der Waals surface area contributed by atoms with Crippen molar-refractivity contribution < 1.29 is 9.47 Å². The van der Waals surface area contributed by atoms with Crippen LogP contribution in [-0.4, -0.2) is 73.9 Å². The predicted octanol–water partition coefficient (Wildman–Crippen LogP) is 2.45. The van der Waals surface area contributed by atoms with Gasteiger partial charge < -0.3 is 24.7 Å². The molecule has 0 amide bonds. The van der Waals surface area contributed by atoms with Crippen LogP contribution in [0.15, 0.2) is 29.3 Å². The molecule has 3 rings (SSSR count). The van der Waals surface area contributed by atoms with Crippen LogP contribution in [0.4, 0.5) is 0 Å². The number of imidazole rings is 1. The van der Waals surface area contributed by atoms with Gasteiger partial charge in [-0.15, -0.1) is 0 Å². The summed E-state index contributed by atoms with van der Waals surface area (Å²) >= 11 is 0. The van der Waals surface area contributed by atoms with Crippen LogP contribution in [-0.2, 0) is 15.9 Å². The molecule has 2 aromatic rings. The molecule has 1 fully saturated rings. The summed E-state index contributed by atoms with van der Waals surface area (Å²) < 4.78 is 10.7. The van der Waals surface area contributed by atoms with E-state index in [9.17, 15) is 0 Å². The Hall–Kier alpha value is -2.12. The molecule has 1 aromatic carbocycles. The van der Waals surface area contributed by atoms with Crippen molar-refractivity contribution in [2.75, 3.05) is 53.1 Å². The van der Waals surface area contributed by atoms with E-state index in [4.69, 9.17) is 14.5 Å². The molecule has 1 saturated heterocycles. The molecule has 0 radical (unpaired) electrons. The molecular formula is C21H33N5O2. The zero-order chi connectivity index (χ0) is 19.6. The number of likely N-dealkylation sites (tertiary alicyclic amines) is 1. The van der Waals surface area contributed by atoms with E-state index in [0.717, 1.165) is 74.9 Å². The van der Waals surface area contributed by atoms with Gasteiger partial charge in [-0.05, 0) is 31.9 Å². The second kappa shape index (κ2) is 11.0. The number of aromatic amines is 1. The third kappa shape index (κ3) is 5.94. The number of rotatable bonds is 10. The lowest BCUT2D eigenvalue weighted by Crippen LogP contribution is -2.40. The van der Waals surface area contributed by atoms with Gasteiger partial charge in [0.25, 0.3) is 0 Å². The van der Waals surface area contributed by atoms with E-state index in [1.807, 2.05) is 18.2 Å². The molecule has 28 heavy (non-hydrogen) atoms. The standard InChI is InChI=1S/C21H33N5O2/c1-3-22-21(26-12-10-17(15-26)16-28-14-13-27-2)23-11-6-9-20-24-18-7-4-5-8-19(18)25-20/h4-5,7-8,17H,3,6,9-16H2,1-2H3,(H,22,23)(H,24,25). The number of methoxy groups -OCH3 is 1. The van der Waals surface area contributed by atoms with Gasteiger partial charge in [0.05, 0.1) is 30.9 Å². The molecule has 0 spiro atoms. The zero-order valence-corrected chi connectivity index (χ0v) is 17.1. The first-order chi connectivity index (χ1) is 13.8. The lowest BCUT2D eigenvalue weighted by molar-refractivity contribution is 0.0536. The van der Waals surface area contributed by atoms with E-state index < -0.39 is 0 Å². The average Bonchev–Trinajstić information content (AvgIpc) is 3.34. The fraction of sp³-hybridized carbons (Fsp3) is 0.619. The lowest BCUT2D eigenvalue weighted by Gasteiger charge is -2.21. The first kappa shape index (κ1) is 20.6. The number of nitrogens with one attached hydrogen (secondary N) is 2. The van der Waals surface area contributed by atoms with Crippen LogP contribution in [0, 0.1) is 5.92 Å². The topological polar surface area (TPSA) is 74.8 Å². The van der Waals surface area contributed by atoms with Crippen LogP contribution in [0.1, 0.15) is 25.6 Å². The summed E-state index contributed by atoms with van der Waals surface area (Å²) in [4.78, 5) is 15.2. The van der Waals surface area contributed by atoms with Crippen molar-refractivity contribution in [3.05, 3.63) is 30.1 Å². The number of guanidine groups is 1. The Bertz CT molecular complexity index is 712. The molecule has 1 aromatic heterocycles. The fourth-order valence-corrected chi connectivity index (χ4v) is 3.53. The second-order valence-corrected chi connectivity index (χ2v) is 7.21. The first-order valence-electron chi connectivity index (χ1n) is 10.3. The number of hydrogen-bond acceptors (Lipinski definition) is 4. The number of benzene rings is 1. The van der Waals surface area contributed by atoms with Crippen molar-refractivity contribution in [3.63, 3.8) is 0 Å². The van der Waals surface area contributed by atoms with Crippen molar-refractivity contribution >= 4 is 17.0 Å². The predicted molar refractivity (Wildman–Crippen MR) is 113 cm³/mol. The Kier molecular flexibility index (Phi) is 8.11. The molecule has 0 saturated carbocycles. The normalized spacial score (nSPS) is 17.6. The smallest absolute Gasteiger partial charge is 0.193 e.